The third-order valence-electron chi connectivity index (χ3n) is 5.48. The molecule has 0 heterocycles. The van der Waals surface area contributed by atoms with Gasteiger partial charge < -0.3 is 30.5 Å². The van der Waals surface area contributed by atoms with Crippen LogP contribution >= 0.6 is 0 Å². The first-order chi connectivity index (χ1) is 17.2. The van der Waals surface area contributed by atoms with Gasteiger partial charge in [-0.2, -0.15) is 0 Å². The molecule has 3 rings (SSSR count). The number of carbonyl (C=O) groups excluding carboxylic acids is 3. The molecule has 188 valence electrons. The van der Waals surface area contributed by atoms with E-state index in [9.17, 15) is 19.5 Å². The standard InChI is InChI=1S/C27H29N3O6/c1-5-25(32)29-19-8-6-17(7-9-19)16(2)28-27(34)23-14-20(10-11-24(23)31)30-26(33)18-12-21(35-3)15-22(13-18)36-4/h6-16,31H,5H2,1-4H3,(H,28,34)(H,29,32)(H,30,33). The van der Waals surface area contributed by atoms with Crippen molar-refractivity contribution in [3.8, 4) is 17.2 Å². The maximum atomic E-state index is 12.9. The van der Waals surface area contributed by atoms with Crippen LogP contribution in [0, 0.1) is 0 Å². The molecule has 0 saturated heterocycles. The van der Waals surface area contributed by atoms with E-state index >= 15 is 0 Å². The first kappa shape index (κ1) is 26.1. The summed E-state index contributed by atoms with van der Waals surface area (Å²) in [5.41, 5.74) is 2.12. The fourth-order valence-electron chi connectivity index (χ4n) is 3.40. The number of methoxy groups -OCH3 is 2. The van der Waals surface area contributed by atoms with Crippen LogP contribution < -0.4 is 25.4 Å². The zero-order valence-corrected chi connectivity index (χ0v) is 20.5. The molecule has 0 saturated carbocycles. The fraction of sp³-hybridized carbons (Fsp3) is 0.222. The monoisotopic (exact) mass is 491 g/mol. The Bertz CT molecular complexity index is 1230. The van der Waals surface area contributed by atoms with Gasteiger partial charge >= 0.3 is 0 Å². The highest BCUT2D eigenvalue weighted by atomic mass is 16.5. The summed E-state index contributed by atoms with van der Waals surface area (Å²) in [4.78, 5) is 37.2. The smallest absolute Gasteiger partial charge is 0.255 e. The minimum atomic E-state index is -0.512. The summed E-state index contributed by atoms with van der Waals surface area (Å²) in [6, 6.07) is 15.7. The Hall–Kier alpha value is -4.53. The normalized spacial score (nSPS) is 11.2. The van der Waals surface area contributed by atoms with Crippen molar-refractivity contribution >= 4 is 29.1 Å². The average molecular weight is 492 g/mol. The number of anilines is 2. The third kappa shape index (κ3) is 6.53. The maximum absolute atomic E-state index is 12.9. The van der Waals surface area contributed by atoms with E-state index in [0.29, 0.717) is 34.9 Å². The van der Waals surface area contributed by atoms with Gasteiger partial charge in [-0.05, 0) is 55.0 Å². The van der Waals surface area contributed by atoms with Gasteiger partial charge in [0.1, 0.15) is 17.2 Å². The molecule has 0 radical (unpaired) electrons. The van der Waals surface area contributed by atoms with Gasteiger partial charge in [0.15, 0.2) is 0 Å². The van der Waals surface area contributed by atoms with Crippen LogP contribution in [0.25, 0.3) is 0 Å². The van der Waals surface area contributed by atoms with Crippen molar-refractivity contribution in [2.75, 3.05) is 24.9 Å². The van der Waals surface area contributed by atoms with E-state index in [1.165, 1.54) is 32.4 Å². The van der Waals surface area contributed by atoms with Crippen molar-refractivity contribution < 1.29 is 29.0 Å². The summed E-state index contributed by atoms with van der Waals surface area (Å²) in [6.45, 7) is 3.57. The van der Waals surface area contributed by atoms with E-state index in [1.54, 1.807) is 56.3 Å². The molecule has 0 aliphatic heterocycles. The van der Waals surface area contributed by atoms with Gasteiger partial charge in [-0.25, -0.2) is 0 Å². The van der Waals surface area contributed by atoms with Crippen LogP contribution in [0.2, 0.25) is 0 Å². The molecule has 0 bridgehead atoms. The second-order valence-corrected chi connectivity index (χ2v) is 8.01. The number of amides is 3. The first-order valence-electron chi connectivity index (χ1n) is 11.3. The molecule has 9 heteroatoms. The van der Waals surface area contributed by atoms with Crippen LogP contribution in [0.4, 0.5) is 11.4 Å². The molecule has 0 spiro atoms. The van der Waals surface area contributed by atoms with Gasteiger partial charge in [0.25, 0.3) is 11.8 Å². The summed E-state index contributed by atoms with van der Waals surface area (Å²) >= 11 is 0. The minimum Gasteiger partial charge on any atom is -0.507 e. The lowest BCUT2D eigenvalue weighted by molar-refractivity contribution is -0.115. The summed E-state index contributed by atoms with van der Waals surface area (Å²) in [5.74, 6) is -0.342. The predicted molar refractivity (Wildman–Crippen MR) is 137 cm³/mol. The van der Waals surface area contributed by atoms with E-state index in [4.69, 9.17) is 9.47 Å². The summed E-state index contributed by atoms with van der Waals surface area (Å²) < 4.78 is 10.4. The summed E-state index contributed by atoms with van der Waals surface area (Å²) in [7, 11) is 2.97. The van der Waals surface area contributed by atoms with Crippen LogP contribution in [0.1, 0.15) is 52.6 Å². The lowest BCUT2D eigenvalue weighted by Crippen LogP contribution is -2.27. The third-order valence-corrected chi connectivity index (χ3v) is 5.48. The van der Waals surface area contributed by atoms with Crippen molar-refractivity contribution in [1.29, 1.82) is 0 Å². The number of ether oxygens (including phenoxy) is 2. The van der Waals surface area contributed by atoms with E-state index in [1.807, 2.05) is 0 Å². The Morgan fingerprint density at radius 3 is 2.03 bits per heavy atom. The fourth-order valence-corrected chi connectivity index (χ4v) is 3.40. The van der Waals surface area contributed by atoms with Crippen LogP contribution in [0.5, 0.6) is 17.2 Å². The van der Waals surface area contributed by atoms with Crippen molar-refractivity contribution in [2.24, 2.45) is 0 Å². The quantitative estimate of drug-likeness (QED) is 0.327. The molecule has 0 aromatic heterocycles. The molecule has 36 heavy (non-hydrogen) atoms. The number of carbonyl (C=O) groups is 3. The zero-order chi connectivity index (χ0) is 26.2. The number of phenolic OH excluding ortho intramolecular Hbond substituents is 1. The molecule has 3 amide bonds. The van der Waals surface area contributed by atoms with E-state index < -0.39 is 11.8 Å². The van der Waals surface area contributed by atoms with Crippen LogP contribution in [-0.2, 0) is 4.79 Å². The van der Waals surface area contributed by atoms with Gasteiger partial charge in [-0.15, -0.1) is 0 Å². The number of nitrogens with one attached hydrogen (secondary N) is 3. The molecule has 1 atom stereocenters. The summed E-state index contributed by atoms with van der Waals surface area (Å²) in [5, 5.41) is 18.6. The van der Waals surface area contributed by atoms with Crippen molar-refractivity contribution in [3.05, 3.63) is 77.4 Å². The SMILES string of the molecule is CCC(=O)Nc1ccc(C(C)NC(=O)c2cc(NC(=O)c3cc(OC)cc(OC)c3)ccc2O)cc1. The highest BCUT2D eigenvalue weighted by Crippen LogP contribution is 2.26. The molecule has 9 nitrogen and oxygen atoms in total. The van der Waals surface area contributed by atoms with E-state index in [0.717, 1.165) is 5.56 Å². The number of hydrogen-bond donors (Lipinski definition) is 4. The predicted octanol–water partition coefficient (Wildman–Crippen LogP) is 4.50. The second-order valence-electron chi connectivity index (χ2n) is 8.01. The van der Waals surface area contributed by atoms with Gasteiger partial charge in [-0.3, -0.25) is 14.4 Å². The van der Waals surface area contributed by atoms with Gasteiger partial charge in [-0.1, -0.05) is 19.1 Å². The average Bonchev–Trinajstić information content (AvgIpc) is 2.89. The van der Waals surface area contributed by atoms with Crippen molar-refractivity contribution in [3.63, 3.8) is 0 Å². The van der Waals surface area contributed by atoms with Gasteiger partial charge in [0.2, 0.25) is 5.91 Å². The summed E-state index contributed by atoms with van der Waals surface area (Å²) in [6.07, 6.45) is 0.380. The molecule has 0 aliphatic rings. The molecule has 0 fully saturated rings. The molecular formula is C27H29N3O6. The molecule has 1 unspecified atom stereocenters. The Morgan fingerprint density at radius 1 is 0.833 bits per heavy atom. The Kier molecular flexibility index (Phi) is 8.51. The molecular weight excluding hydrogens is 462 g/mol. The van der Waals surface area contributed by atoms with Crippen molar-refractivity contribution in [2.45, 2.75) is 26.3 Å². The maximum Gasteiger partial charge on any atom is 0.255 e. The number of phenols is 1. The van der Waals surface area contributed by atoms with Crippen LogP contribution in [-0.4, -0.2) is 37.0 Å². The number of aromatic hydroxyl groups is 1. The first-order valence-corrected chi connectivity index (χ1v) is 11.3. The molecule has 4 N–H and O–H groups in total. The number of rotatable bonds is 9. The Morgan fingerprint density at radius 2 is 1.44 bits per heavy atom. The lowest BCUT2D eigenvalue weighted by atomic mass is 10.1. The van der Waals surface area contributed by atoms with Crippen molar-refractivity contribution in [1.82, 2.24) is 5.32 Å². The topological polar surface area (TPSA) is 126 Å². The molecule has 3 aromatic carbocycles. The highest BCUT2D eigenvalue weighted by Gasteiger charge is 2.17. The Balaban J connectivity index is 1.72. The number of benzene rings is 3. The largest absolute Gasteiger partial charge is 0.507 e. The highest BCUT2D eigenvalue weighted by molar-refractivity contribution is 6.06. The zero-order valence-electron chi connectivity index (χ0n) is 20.5. The lowest BCUT2D eigenvalue weighted by Gasteiger charge is -2.16. The number of hydrogen-bond acceptors (Lipinski definition) is 6. The van der Waals surface area contributed by atoms with Gasteiger partial charge in [0.05, 0.1) is 25.8 Å². The molecule has 0 aliphatic carbocycles. The van der Waals surface area contributed by atoms with Crippen LogP contribution in [0.15, 0.2) is 60.7 Å². The molecule has 3 aromatic rings. The van der Waals surface area contributed by atoms with E-state index in [-0.39, 0.29) is 23.3 Å². The Labute approximate surface area is 209 Å². The minimum absolute atomic E-state index is 0.00898. The second kappa shape index (κ2) is 11.7. The van der Waals surface area contributed by atoms with Crippen LogP contribution in [0.3, 0.4) is 0 Å². The van der Waals surface area contributed by atoms with Gasteiger partial charge in [0, 0.05) is 29.4 Å². The van der Waals surface area contributed by atoms with E-state index in [2.05, 4.69) is 16.0 Å².